The number of aldehydes is 1. The lowest BCUT2D eigenvalue weighted by atomic mass is 10.2. The molecular formula is C8H4BrF4NO2. The van der Waals surface area contributed by atoms with Gasteiger partial charge in [-0.05, 0) is 0 Å². The van der Waals surface area contributed by atoms with Crippen molar-refractivity contribution in [3.63, 3.8) is 0 Å². The minimum atomic E-state index is -5.01. The van der Waals surface area contributed by atoms with E-state index in [1.807, 2.05) is 0 Å². The molecule has 1 rings (SSSR count). The Morgan fingerprint density at radius 1 is 1.50 bits per heavy atom. The molecule has 0 aliphatic heterocycles. The Morgan fingerprint density at radius 3 is 2.56 bits per heavy atom. The second kappa shape index (κ2) is 4.77. The first-order valence-electron chi connectivity index (χ1n) is 3.83. The Labute approximate surface area is 95.6 Å². The number of carbonyl (C=O) groups is 1. The number of hydrogen-bond donors (Lipinski definition) is 0. The van der Waals surface area contributed by atoms with Gasteiger partial charge in [0.1, 0.15) is 0 Å². The van der Waals surface area contributed by atoms with E-state index in [0.29, 0.717) is 6.20 Å². The topological polar surface area (TPSA) is 39.2 Å². The highest BCUT2D eigenvalue weighted by molar-refractivity contribution is 9.08. The van der Waals surface area contributed by atoms with Crippen LogP contribution < -0.4 is 4.74 Å². The van der Waals surface area contributed by atoms with Gasteiger partial charge < -0.3 is 4.74 Å². The number of alkyl halides is 4. The summed E-state index contributed by atoms with van der Waals surface area (Å²) in [5, 5.41) is -0.0977. The second-order valence-electron chi connectivity index (χ2n) is 2.59. The van der Waals surface area contributed by atoms with E-state index in [1.54, 1.807) is 0 Å². The minimum Gasteiger partial charge on any atom is -0.403 e. The molecule has 1 aromatic heterocycles. The van der Waals surface area contributed by atoms with E-state index in [-0.39, 0.29) is 17.3 Å². The highest BCUT2D eigenvalue weighted by atomic mass is 79.9. The van der Waals surface area contributed by atoms with Crippen LogP contribution in [0.4, 0.5) is 17.6 Å². The van der Waals surface area contributed by atoms with Gasteiger partial charge in [-0.3, -0.25) is 9.78 Å². The number of nitrogens with zero attached hydrogens (tertiary/aromatic N) is 1. The Balaban J connectivity index is 3.31. The molecule has 0 atom stereocenters. The molecule has 0 N–H and O–H groups in total. The molecule has 0 spiro atoms. The number of aromatic nitrogens is 1. The lowest BCUT2D eigenvalue weighted by Crippen LogP contribution is -2.20. The third-order valence-corrected chi connectivity index (χ3v) is 2.09. The van der Waals surface area contributed by atoms with Gasteiger partial charge in [-0.2, -0.15) is 0 Å². The first-order valence-corrected chi connectivity index (χ1v) is 4.95. The molecule has 0 saturated heterocycles. The lowest BCUT2D eigenvalue weighted by Gasteiger charge is -2.13. The summed E-state index contributed by atoms with van der Waals surface area (Å²) >= 11 is 2.86. The van der Waals surface area contributed by atoms with Crippen LogP contribution in [-0.4, -0.2) is 17.6 Å². The third-order valence-electron chi connectivity index (χ3n) is 1.56. The maximum Gasteiger partial charge on any atom is 0.573 e. The maximum absolute atomic E-state index is 13.0. The largest absolute Gasteiger partial charge is 0.573 e. The van der Waals surface area contributed by atoms with Crippen molar-refractivity contribution in [2.24, 2.45) is 0 Å². The zero-order valence-electron chi connectivity index (χ0n) is 7.52. The van der Waals surface area contributed by atoms with Crippen LogP contribution >= 0.6 is 15.9 Å². The number of halogens is 5. The fourth-order valence-electron chi connectivity index (χ4n) is 0.961. The van der Waals surface area contributed by atoms with Gasteiger partial charge in [-0.1, -0.05) is 15.9 Å². The van der Waals surface area contributed by atoms with Gasteiger partial charge in [0.25, 0.3) is 0 Å². The summed E-state index contributed by atoms with van der Waals surface area (Å²) in [6, 6.07) is 0. The normalized spacial score (nSPS) is 11.3. The molecule has 0 fully saturated rings. The van der Waals surface area contributed by atoms with Gasteiger partial charge >= 0.3 is 6.36 Å². The summed E-state index contributed by atoms with van der Waals surface area (Å²) in [5.74, 6) is -2.08. The summed E-state index contributed by atoms with van der Waals surface area (Å²) in [6.07, 6.45) is -4.40. The zero-order chi connectivity index (χ0) is 12.3. The SMILES string of the molecule is O=Cc1c(F)cnc(CBr)c1OC(F)(F)F. The van der Waals surface area contributed by atoms with Gasteiger partial charge in [-0.15, -0.1) is 13.2 Å². The van der Waals surface area contributed by atoms with Crippen molar-refractivity contribution in [1.82, 2.24) is 4.98 Å². The molecule has 0 aliphatic carbocycles. The Morgan fingerprint density at radius 2 is 2.12 bits per heavy atom. The van der Waals surface area contributed by atoms with E-state index in [4.69, 9.17) is 0 Å². The van der Waals surface area contributed by atoms with Crippen LogP contribution in [0.5, 0.6) is 5.75 Å². The second-order valence-corrected chi connectivity index (χ2v) is 3.16. The molecule has 0 radical (unpaired) electrons. The van der Waals surface area contributed by atoms with E-state index in [2.05, 4.69) is 25.7 Å². The molecule has 8 heteroatoms. The van der Waals surface area contributed by atoms with Crippen molar-refractivity contribution in [1.29, 1.82) is 0 Å². The molecule has 88 valence electrons. The van der Waals surface area contributed by atoms with Gasteiger partial charge in [0.2, 0.25) is 0 Å². The van der Waals surface area contributed by atoms with Crippen LogP contribution in [0.15, 0.2) is 6.20 Å². The number of rotatable bonds is 3. The summed E-state index contributed by atoms with van der Waals surface area (Å²) in [6.45, 7) is 0. The average molecular weight is 302 g/mol. The summed E-state index contributed by atoms with van der Waals surface area (Å²) in [7, 11) is 0. The standard InChI is InChI=1S/C8H4BrF4NO2/c9-1-6-7(16-8(11,12)13)4(3-15)5(10)2-14-6/h2-3H,1H2. The lowest BCUT2D eigenvalue weighted by molar-refractivity contribution is -0.275. The quantitative estimate of drug-likeness (QED) is 0.489. The summed E-state index contributed by atoms with van der Waals surface area (Å²) in [4.78, 5) is 13.9. The molecule has 0 bridgehead atoms. The van der Waals surface area contributed by atoms with E-state index in [9.17, 15) is 22.4 Å². The molecule has 1 heterocycles. The van der Waals surface area contributed by atoms with Gasteiger partial charge in [0.15, 0.2) is 17.9 Å². The maximum atomic E-state index is 13.0. The summed E-state index contributed by atoms with van der Waals surface area (Å²) < 4.78 is 52.6. The van der Waals surface area contributed by atoms with Gasteiger partial charge in [0.05, 0.1) is 17.5 Å². The Bertz CT molecular complexity index is 408. The van der Waals surface area contributed by atoms with Crippen LogP contribution in [0, 0.1) is 5.82 Å². The molecule has 16 heavy (non-hydrogen) atoms. The number of carbonyl (C=O) groups excluding carboxylic acids is 1. The monoisotopic (exact) mass is 301 g/mol. The van der Waals surface area contributed by atoms with Crippen molar-refractivity contribution in [3.05, 3.63) is 23.3 Å². The average Bonchev–Trinajstić information content (AvgIpc) is 2.16. The molecule has 0 saturated carbocycles. The van der Waals surface area contributed by atoms with E-state index < -0.39 is 23.5 Å². The highest BCUT2D eigenvalue weighted by Crippen LogP contribution is 2.30. The Kier molecular flexibility index (Phi) is 3.84. The minimum absolute atomic E-state index is 0.0513. The van der Waals surface area contributed by atoms with Gasteiger partial charge in [0, 0.05) is 5.33 Å². The molecule has 3 nitrogen and oxygen atoms in total. The zero-order valence-corrected chi connectivity index (χ0v) is 9.10. The molecule has 0 amide bonds. The predicted molar refractivity (Wildman–Crippen MR) is 48.9 cm³/mol. The summed E-state index contributed by atoms with van der Waals surface area (Å²) in [5.41, 5.74) is -1.01. The van der Waals surface area contributed by atoms with Crippen molar-refractivity contribution in [2.45, 2.75) is 11.7 Å². The highest BCUT2D eigenvalue weighted by Gasteiger charge is 2.34. The molecule has 0 aliphatic rings. The smallest absolute Gasteiger partial charge is 0.403 e. The van der Waals surface area contributed by atoms with Crippen molar-refractivity contribution >= 4 is 22.2 Å². The number of hydrogen-bond acceptors (Lipinski definition) is 3. The molecule has 1 aromatic rings. The van der Waals surface area contributed by atoms with Crippen LogP contribution in [-0.2, 0) is 5.33 Å². The van der Waals surface area contributed by atoms with Crippen LogP contribution in [0.2, 0.25) is 0 Å². The van der Waals surface area contributed by atoms with Crippen LogP contribution in [0.25, 0.3) is 0 Å². The van der Waals surface area contributed by atoms with Crippen molar-refractivity contribution in [3.8, 4) is 5.75 Å². The van der Waals surface area contributed by atoms with E-state index in [1.165, 1.54) is 0 Å². The fraction of sp³-hybridized carbons (Fsp3) is 0.250. The van der Waals surface area contributed by atoms with E-state index in [0.717, 1.165) is 0 Å². The van der Waals surface area contributed by atoms with Crippen LogP contribution in [0.3, 0.4) is 0 Å². The molecular weight excluding hydrogens is 298 g/mol. The van der Waals surface area contributed by atoms with Crippen molar-refractivity contribution < 1.29 is 27.1 Å². The van der Waals surface area contributed by atoms with Crippen LogP contribution in [0.1, 0.15) is 16.1 Å². The molecule has 0 unspecified atom stereocenters. The Hall–Kier alpha value is -1.18. The first-order chi connectivity index (χ1) is 7.39. The number of ether oxygens (including phenoxy) is 1. The fourth-order valence-corrected chi connectivity index (χ4v) is 1.36. The number of pyridine rings is 1. The first kappa shape index (κ1) is 12.9. The van der Waals surface area contributed by atoms with Crippen molar-refractivity contribution in [2.75, 3.05) is 0 Å². The third kappa shape index (κ3) is 2.91. The molecule has 0 aromatic carbocycles. The van der Waals surface area contributed by atoms with Gasteiger partial charge in [-0.25, -0.2) is 4.39 Å². The van der Waals surface area contributed by atoms with E-state index >= 15 is 0 Å². The predicted octanol–water partition coefficient (Wildman–Crippen LogP) is 2.83.